The molecule has 0 aliphatic heterocycles. The predicted octanol–water partition coefficient (Wildman–Crippen LogP) is 0.489. The number of carboxylic acid groups (broad SMARTS) is 1. The summed E-state index contributed by atoms with van der Waals surface area (Å²) in [7, 11) is 3.39. The number of amides is 1. The fourth-order valence-corrected chi connectivity index (χ4v) is 1.40. The molecule has 1 N–H and O–H groups in total. The van der Waals surface area contributed by atoms with Crippen LogP contribution in [0, 0.1) is 5.41 Å². The lowest BCUT2D eigenvalue weighted by Crippen LogP contribution is -2.43. The van der Waals surface area contributed by atoms with Gasteiger partial charge in [-0.15, -0.1) is 0 Å². The minimum absolute atomic E-state index is 0.291. The van der Waals surface area contributed by atoms with Gasteiger partial charge in [0, 0.05) is 26.5 Å². The van der Waals surface area contributed by atoms with Gasteiger partial charge >= 0.3 is 5.97 Å². The van der Waals surface area contributed by atoms with Crippen LogP contribution >= 0.6 is 0 Å². The van der Waals surface area contributed by atoms with Gasteiger partial charge in [0.1, 0.15) is 11.2 Å². The van der Waals surface area contributed by atoms with E-state index >= 15 is 0 Å². The number of hydrogen-bond donors (Lipinski definition) is 1. The van der Waals surface area contributed by atoms with Crippen LogP contribution in [0.2, 0.25) is 0 Å². The molecule has 0 aliphatic carbocycles. The van der Waals surface area contributed by atoms with E-state index in [1.54, 1.807) is 24.0 Å². The number of aromatic nitrogens is 2. The summed E-state index contributed by atoms with van der Waals surface area (Å²) in [5.41, 5.74) is -1.42. The van der Waals surface area contributed by atoms with Gasteiger partial charge < -0.3 is 14.6 Å². The second-order valence-corrected chi connectivity index (χ2v) is 4.55. The lowest BCUT2D eigenvalue weighted by Gasteiger charge is -2.25. The van der Waals surface area contributed by atoms with E-state index in [0.717, 1.165) is 0 Å². The van der Waals surface area contributed by atoms with E-state index in [2.05, 4.69) is 4.98 Å². The van der Waals surface area contributed by atoms with Gasteiger partial charge in [0.05, 0.1) is 6.54 Å². The molecule has 0 saturated carbocycles. The van der Waals surface area contributed by atoms with E-state index < -0.39 is 17.3 Å². The average Bonchev–Trinajstić information content (AvgIpc) is 2.63. The summed E-state index contributed by atoms with van der Waals surface area (Å²) in [4.78, 5) is 28.4. The summed E-state index contributed by atoms with van der Waals surface area (Å²) in [6.45, 7) is 3.08. The molecule has 1 rings (SSSR count). The summed E-state index contributed by atoms with van der Waals surface area (Å²) < 4.78 is 1.79. The van der Waals surface area contributed by atoms with Crippen molar-refractivity contribution >= 4 is 11.9 Å². The molecule has 0 saturated heterocycles. The van der Waals surface area contributed by atoms with Gasteiger partial charge in [0.25, 0.3) is 0 Å². The van der Waals surface area contributed by atoms with Gasteiger partial charge in [0.2, 0.25) is 5.91 Å². The largest absolute Gasteiger partial charge is 0.480 e. The standard InChI is InChI=1S/C11H17N3O3/c1-11(2,10(16)17)9(15)14(4)7-8-12-5-6-13(8)3/h5-6H,7H2,1-4H3,(H,16,17). The SMILES string of the molecule is CN(Cc1nccn1C)C(=O)C(C)(C)C(=O)O. The van der Waals surface area contributed by atoms with Crippen molar-refractivity contribution in [3.63, 3.8) is 0 Å². The fraction of sp³-hybridized carbons (Fsp3) is 0.545. The van der Waals surface area contributed by atoms with E-state index in [1.807, 2.05) is 7.05 Å². The number of nitrogens with zero attached hydrogens (tertiary/aromatic N) is 3. The third kappa shape index (κ3) is 2.64. The summed E-state index contributed by atoms with van der Waals surface area (Å²) in [6, 6.07) is 0. The Hall–Kier alpha value is -1.85. The Labute approximate surface area is 99.9 Å². The van der Waals surface area contributed by atoms with Crippen LogP contribution in [-0.2, 0) is 23.2 Å². The first-order chi connectivity index (χ1) is 7.76. The first-order valence-corrected chi connectivity index (χ1v) is 5.22. The normalized spacial score (nSPS) is 11.3. The van der Waals surface area contributed by atoms with Gasteiger partial charge in [-0.25, -0.2) is 4.98 Å². The molecule has 0 aliphatic rings. The predicted molar refractivity (Wildman–Crippen MR) is 61.1 cm³/mol. The third-order valence-electron chi connectivity index (χ3n) is 2.72. The minimum atomic E-state index is -1.42. The third-order valence-corrected chi connectivity index (χ3v) is 2.72. The minimum Gasteiger partial charge on any atom is -0.480 e. The van der Waals surface area contributed by atoms with Crippen LogP contribution in [0.1, 0.15) is 19.7 Å². The number of aryl methyl sites for hydroxylation is 1. The molecular weight excluding hydrogens is 222 g/mol. The van der Waals surface area contributed by atoms with Gasteiger partial charge in [-0.2, -0.15) is 0 Å². The highest BCUT2D eigenvalue weighted by Gasteiger charge is 2.38. The van der Waals surface area contributed by atoms with E-state index in [-0.39, 0.29) is 0 Å². The first kappa shape index (κ1) is 13.2. The van der Waals surface area contributed by atoms with Crippen LogP contribution in [0.25, 0.3) is 0 Å². The molecule has 0 radical (unpaired) electrons. The van der Waals surface area contributed by atoms with Crippen molar-refractivity contribution in [2.75, 3.05) is 7.05 Å². The highest BCUT2D eigenvalue weighted by atomic mass is 16.4. The summed E-state index contributed by atoms with van der Waals surface area (Å²) in [5.74, 6) is -0.857. The Bertz CT molecular complexity index is 437. The molecule has 17 heavy (non-hydrogen) atoms. The zero-order valence-electron chi connectivity index (χ0n) is 10.5. The van der Waals surface area contributed by atoms with Crippen molar-refractivity contribution in [2.45, 2.75) is 20.4 Å². The number of carboxylic acids is 1. The molecule has 6 nitrogen and oxygen atoms in total. The lowest BCUT2D eigenvalue weighted by atomic mass is 9.92. The molecule has 0 fully saturated rings. The molecule has 0 bridgehead atoms. The van der Waals surface area contributed by atoms with Gasteiger partial charge in [0.15, 0.2) is 0 Å². The van der Waals surface area contributed by atoms with Crippen LogP contribution < -0.4 is 0 Å². The summed E-state index contributed by atoms with van der Waals surface area (Å²) in [5, 5.41) is 8.97. The molecule has 1 aromatic heterocycles. The van der Waals surface area contributed by atoms with Crippen molar-refractivity contribution in [1.29, 1.82) is 0 Å². The van der Waals surface area contributed by atoms with E-state index in [1.165, 1.54) is 18.7 Å². The summed E-state index contributed by atoms with van der Waals surface area (Å²) in [6.07, 6.45) is 3.41. The second-order valence-electron chi connectivity index (χ2n) is 4.55. The van der Waals surface area contributed by atoms with Gasteiger partial charge in [-0.3, -0.25) is 9.59 Å². The molecule has 1 aromatic rings. The van der Waals surface area contributed by atoms with E-state index in [9.17, 15) is 9.59 Å². The quantitative estimate of drug-likeness (QED) is 0.776. The first-order valence-electron chi connectivity index (χ1n) is 5.22. The van der Waals surface area contributed by atoms with Crippen molar-refractivity contribution in [1.82, 2.24) is 14.5 Å². The molecule has 0 unspecified atom stereocenters. The topological polar surface area (TPSA) is 75.4 Å². The van der Waals surface area contributed by atoms with Crippen LogP contribution in [0.3, 0.4) is 0 Å². The Morgan fingerprint density at radius 2 is 2.12 bits per heavy atom. The molecule has 0 atom stereocenters. The number of imidazole rings is 1. The number of hydrogen-bond acceptors (Lipinski definition) is 3. The molecule has 1 amide bonds. The Morgan fingerprint density at radius 3 is 2.53 bits per heavy atom. The number of aliphatic carboxylic acids is 1. The highest BCUT2D eigenvalue weighted by molar-refractivity contribution is 6.00. The monoisotopic (exact) mass is 239 g/mol. The molecule has 94 valence electrons. The molecular formula is C11H17N3O3. The number of carbonyl (C=O) groups excluding carboxylic acids is 1. The zero-order valence-corrected chi connectivity index (χ0v) is 10.5. The maximum atomic E-state index is 12.0. The van der Waals surface area contributed by atoms with Crippen molar-refractivity contribution in [2.24, 2.45) is 12.5 Å². The lowest BCUT2D eigenvalue weighted by molar-refractivity contribution is -0.157. The van der Waals surface area contributed by atoms with Crippen molar-refractivity contribution in [3.05, 3.63) is 18.2 Å². The second kappa shape index (κ2) is 4.57. The smallest absolute Gasteiger partial charge is 0.318 e. The summed E-state index contributed by atoms with van der Waals surface area (Å²) >= 11 is 0. The van der Waals surface area contributed by atoms with Crippen LogP contribution in [0.5, 0.6) is 0 Å². The van der Waals surface area contributed by atoms with Crippen LogP contribution in [-0.4, -0.2) is 38.5 Å². The van der Waals surface area contributed by atoms with Gasteiger partial charge in [-0.1, -0.05) is 0 Å². The average molecular weight is 239 g/mol. The van der Waals surface area contributed by atoms with E-state index in [0.29, 0.717) is 12.4 Å². The number of rotatable bonds is 4. The highest BCUT2D eigenvalue weighted by Crippen LogP contribution is 2.19. The van der Waals surface area contributed by atoms with Crippen LogP contribution in [0.15, 0.2) is 12.4 Å². The molecule has 0 aromatic carbocycles. The zero-order chi connectivity index (χ0) is 13.2. The van der Waals surface area contributed by atoms with E-state index in [4.69, 9.17) is 5.11 Å². The van der Waals surface area contributed by atoms with Gasteiger partial charge in [-0.05, 0) is 13.8 Å². The van der Waals surface area contributed by atoms with Crippen LogP contribution in [0.4, 0.5) is 0 Å². The van der Waals surface area contributed by atoms with Crippen molar-refractivity contribution < 1.29 is 14.7 Å². The van der Waals surface area contributed by atoms with Crippen molar-refractivity contribution in [3.8, 4) is 0 Å². The Kier molecular flexibility index (Phi) is 3.55. The Balaban J connectivity index is 2.78. The maximum absolute atomic E-state index is 12.0. The number of carbonyl (C=O) groups is 2. The molecule has 1 heterocycles. The molecule has 6 heteroatoms. The Morgan fingerprint density at radius 1 is 1.53 bits per heavy atom. The molecule has 0 spiro atoms. The maximum Gasteiger partial charge on any atom is 0.318 e. The fourth-order valence-electron chi connectivity index (χ4n) is 1.40.